The van der Waals surface area contributed by atoms with Gasteiger partial charge < -0.3 is 24.3 Å². The lowest BCUT2D eigenvalue weighted by molar-refractivity contribution is -0.120. The molecular formula is C24H26N2O5. The van der Waals surface area contributed by atoms with Crippen molar-refractivity contribution < 1.29 is 23.7 Å². The number of carbonyl (C=O) groups excluding carboxylic acids is 1. The molecule has 0 unspecified atom stereocenters. The summed E-state index contributed by atoms with van der Waals surface area (Å²) in [5.41, 5.74) is 1.91. The normalized spacial score (nSPS) is 18.3. The average Bonchev–Trinajstić information content (AvgIpc) is 3.22. The number of methoxy groups -OCH3 is 4. The first-order valence-corrected chi connectivity index (χ1v) is 10.4. The van der Waals surface area contributed by atoms with Gasteiger partial charge in [0.15, 0.2) is 23.0 Å². The van der Waals surface area contributed by atoms with Crippen molar-refractivity contribution in [3.05, 3.63) is 29.8 Å². The van der Waals surface area contributed by atoms with E-state index in [0.717, 1.165) is 52.2 Å². The summed E-state index contributed by atoms with van der Waals surface area (Å²) in [5.74, 6) is 2.61. The SMILES string of the molecule is COc1cc2c3c(c4cc(OC)c(OC)cc4c2cc1OC)NC(=O)[C@@H]1CCCN1C3. The number of amides is 1. The molecule has 2 aliphatic heterocycles. The van der Waals surface area contributed by atoms with Gasteiger partial charge in [-0.25, -0.2) is 0 Å². The van der Waals surface area contributed by atoms with Gasteiger partial charge in [0, 0.05) is 11.9 Å². The van der Waals surface area contributed by atoms with E-state index in [0.29, 0.717) is 29.5 Å². The van der Waals surface area contributed by atoms with Crippen molar-refractivity contribution in [2.45, 2.75) is 25.4 Å². The molecule has 5 rings (SSSR count). The fourth-order valence-corrected chi connectivity index (χ4v) is 4.99. The zero-order valence-electron chi connectivity index (χ0n) is 18.2. The van der Waals surface area contributed by atoms with E-state index in [2.05, 4.69) is 10.2 Å². The van der Waals surface area contributed by atoms with E-state index in [1.54, 1.807) is 28.4 Å². The standard InChI is InChI=1S/C24H26N2O5/c1-28-19-8-13-14-9-20(29-2)22(31-4)11-16(14)23-17(15(13)10-21(19)30-3)12-26-7-5-6-18(26)24(27)25-23/h8-11,18H,5-7,12H2,1-4H3,(H,25,27)/t18-/m0/s1. The molecule has 31 heavy (non-hydrogen) atoms. The number of nitrogens with zero attached hydrogens (tertiary/aromatic N) is 1. The van der Waals surface area contributed by atoms with Crippen molar-refractivity contribution in [2.75, 3.05) is 40.3 Å². The summed E-state index contributed by atoms with van der Waals surface area (Å²) in [7, 11) is 6.50. The molecule has 1 saturated heterocycles. The lowest BCUT2D eigenvalue weighted by atomic mass is 9.93. The van der Waals surface area contributed by atoms with E-state index in [9.17, 15) is 4.79 Å². The van der Waals surface area contributed by atoms with Gasteiger partial charge in [0.25, 0.3) is 0 Å². The highest BCUT2D eigenvalue weighted by atomic mass is 16.5. The van der Waals surface area contributed by atoms with Gasteiger partial charge in [0.1, 0.15) is 0 Å². The summed E-state index contributed by atoms with van der Waals surface area (Å²) >= 11 is 0. The van der Waals surface area contributed by atoms with E-state index >= 15 is 0 Å². The van der Waals surface area contributed by atoms with Crippen LogP contribution >= 0.6 is 0 Å². The monoisotopic (exact) mass is 422 g/mol. The molecule has 3 aromatic carbocycles. The molecular weight excluding hydrogens is 396 g/mol. The number of rotatable bonds is 4. The Balaban J connectivity index is 1.91. The molecule has 0 aliphatic carbocycles. The van der Waals surface area contributed by atoms with E-state index in [-0.39, 0.29) is 11.9 Å². The predicted molar refractivity (Wildman–Crippen MR) is 120 cm³/mol. The molecule has 1 amide bonds. The second-order valence-electron chi connectivity index (χ2n) is 7.98. The summed E-state index contributed by atoms with van der Waals surface area (Å²) in [6.07, 6.45) is 1.91. The van der Waals surface area contributed by atoms with Gasteiger partial charge in [-0.1, -0.05) is 0 Å². The van der Waals surface area contributed by atoms with E-state index < -0.39 is 0 Å². The lowest BCUT2D eigenvalue weighted by Gasteiger charge is -2.21. The minimum atomic E-state index is -0.0993. The highest BCUT2D eigenvalue weighted by molar-refractivity contribution is 6.19. The Morgan fingerprint density at radius 1 is 0.806 bits per heavy atom. The molecule has 3 aromatic rings. The maximum absolute atomic E-state index is 13.1. The van der Waals surface area contributed by atoms with E-state index in [1.807, 2.05) is 24.3 Å². The summed E-state index contributed by atoms with van der Waals surface area (Å²) in [5, 5.41) is 7.15. The van der Waals surface area contributed by atoms with Crippen LogP contribution in [-0.2, 0) is 11.3 Å². The molecule has 0 bridgehead atoms. The zero-order valence-corrected chi connectivity index (χ0v) is 18.2. The number of nitrogens with one attached hydrogen (secondary N) is 1. The molecule has 162 valence electrons. The second kappa shape index (κ2) is 7.50. The van der Waals surface area contributed by atoms with Gasteiger partial charge in [-0.05, 0) is 65.4 Å². The molecule has 0 aromatic heterocycles. The number of hydrogen-bond donors (Lipinski definition) is 1. The maximum atomic E-state index is 13.1. The molecule has 2 heterocycles. The number of benzene rings is 3. The Morgan fingerprint density at radius 2 is 1.32 bits per heavy atom. The smallest absolute Gasteiger partial charge is 0.241 e. The first-order valence-electron chi connectivity index (χ1n) is 10.4. The summed E-state index contributed by atoms with van der Waals surface area (Å²) in [6.45, 7) is 1.60. The summed E-state index contributed by atoms with van der Waals surface area (Å²) in [6, 6.07) is 7.81. The molecule has 7 nitrogen and oxygen atoms in total. The molecule has 1 N–H and O–H groups in total. The molecule has 0 radical (unpaired) electrons. The third-order valence-corrected chi connectivity index (χ3v) is 6.51. The fourth-order valence-electron chi connectivity index (χ4n) is 4.99. The Labute approximate surface area is 180 Å². The number of carbonyl (C=O) groups is 1. The highest BCUT2D eigenvalue weighted by Gasteiger charge is 2.35. The number of hydrogen-bond acceptors (Lipinski definition) is 6. The fraction of sp³-hybridized carbons (Fsp3) is 0.375. The van der Waals surface area contributed by atoms with Gasteiger partial charge in [-0.15, -0.1) is 0 Å². The van der Waals surface area contributed by atoms with Crippen LogP contribution in [0.2, 0.25) is 0 Å². The zero-order chi connectivity index (χ0) is 21.7. The minimum Gasteiger partial charge on any atom is -0.493 e. The van der Waals surface area contributed by atoms with Crippen LogP contribution in [0.3, 0.4) is 0 Å². The number of fused-ring (bicyclic) bond motifs is 7. The van der Waals surface area contributed by atoms with Crippen molar-refractivity contribution in [1.29, 1.82) is 0 Å². The molecule has 0 saturated carbocycles. The van der Waals surface area contributed by atoms with Crippen LogP contribution in [-0.4, -0.2) is 51.8 Å². The quantitative estimate of drug-likeness (QED) is 0.643. The van der Waals surface area contributed by atoms with Gasteiger partial charge in [-0.3, -0.25) is 9.69 Å². The first kappa shape index (κ1) is 19.8. The van der Waals surface area contributed by atoms with Crippen LogP contribution in [0.1, 0.15) is 18.4 Å². The van der Waals surface area contributed by atoms with Gasteiger partial charge in [-0.2, -0.15) is 0 Å². The van der Waals surface area contributed by atoms with Crippen LogP contribution in [0.15, 0.2) is 24.3 Å². The molecule has 1 fully saturated rings. The van der Waals surface area contributed by atoms with Crippen LogP contribution in [0.25, 0.3) is 21.5 Å². The summed E-state index contributed by atoms with van der Waals surface area (Å²) in [4.78, 5) is 15.4. The Bertz CT molecular complexity index is 1210. The van der Waals surface area contributed by atoms with Crippen LogP contribution in [0.5, 0.6) is 23.0 Å². The van der Waals surface area contributed by atoms with Gasteiger partial charge in [0.2, 0.25) is 5.91 Å². The predicted octanol–water partition coefficient (Wildman–Crippen LogP) is 3.94. The topological polar surface area (TPSA) is 69.3 Å². The van der Waals surface area contributed by atoms with Crippen molar-refractivity contribution in [2.24, 2.45) is 0 Å². The second-order valence-corrected chi connectivity index (χ2v) is 7.98. The van der Waals surface area contributed by atoms with Crippen LogP contribution in [0.4, 0.5) is 5.69 Å². The van der Waals surface area contributed by atoms with Gasteiger partial charge in [0.05, 0.1) is 40.2 Å². The third-order valence-electron chi connectivity index (χ3n) is 6.51. The molecule has 7 heteroatoms. The molecule has 1 atom stereocenters. The lowest BCUT2D eigenvalue weighted by Crippen LogP contribution is -2.36. The van der Waals surface area contributed by atoms with Gasteiger partial charge >= 0.3 is 0 Å². The highest BCUT2D eigenvalue weighted by Crippen LogP contribution is 2.46. The van der Waals surface area contributed by atoms with Crippen molar-refractivity contribution in [1.82, 2.24) is 4.90 Å². The Morgan fingerprint density at radius 3 is 1.90 bits per heavy atom. The first-order chi connectivity index (χ1) is 15.1. The number of ether oxygens (including phenoxy) is 4. The van der Waals surface area contributed by atoms with Crippen LogP contribution in [0, 0.1) is 0 Å². The van der Waals surface area contributed by atoms with Crippen LogP contribution < -0.4 is 24.3 Å². The molecule has 0 spiro atoms. The minimum absolute atomic E-state index is 0.0483. The average molecular weight is 422 g/mol. The van der Waals surface area contributed by atoms with Crippen molar-refractivity contribution in [3.8, 4) is 23.0 Å². The van der Waals surface area contributed by atoms with E-state index in [1.165, 1.54) is 0 Å². The number of anilines is 1. The third kappa shape index (κ3) is 2.95. The Kier molecular flexibility index (Phi) is 4.78. The maximum Gasteiger partial charge on any atom is 0.241 e. The Hall–Kier alpha value is -3.19. The van der Waals surface area contributed by atoms with E-state index in [4.69, 9.17) is 18.9 Å². The largest absolute Gasteiger partial charge is 0.493 e. The molecule has 2 aliphatic rings. The van der Waals surface area contributed by atoms with Crippen molar-refractivity contribution in [3.63, 3.8) is 0 Å². The van der Waals surface area contributed by atoms with Crippen molar-refractivity contribution >= 4 is 33.1 Å². The summed E-state index contributed by atoms with van der Waals surface area (Å²) < 4.78 is 22.3.